The predicted molar refractivity (Wildman–Crippen MR) is 107 cm³/mol. The van der Waals surface area contributed by atoms with Crippen molar-refractivity contribution in [3.8, 4) is 5.75 Å². The number of carbonyl (C=O) groups excluding carboxylic acids is 2. The summed E-state index contributed by atoms with van der Waals surface area (Å²) < 4.78 is 5.34. The van der Waals surface area contributed by atoms with Crippen LogP contribution in [0.5, 0.6) is 5.75 Å². The lowest BCUT2D eigenvalue weighted by atomic mass is 10.1. The highest BCUT2D eigenvalue weighted by Gasteiger charge is 2.33. The summed E-state index contributed by atoms with van der Waals surface area (Å²) in [4.78, 5) is 26.2. The smallest absolute Gasteiger partial charge is 0.249 e. The van der Waals surface area contributed by atoms with Crippen molar-refractivity contribution in [2.24, 2.45) is 0 Å². The van der Waals surface area contributed by atoms with Crippen LogP contribution >= 0.6 is 0 Å². The van der Waals surface area contributed by atoms with E-state index in [1.54, 1.807) is 19.2 Å². The number of amides is 2. The van der Waals surface area contributed by atoms with E-state index in [9.17, 15) is 9.59 Å². The average molecular weight is 367 g/mol. The van der Waals surface area contributed by atoms with E-state index < -0.39 is 6.04 Å². The number of benzene rings is 2. The van der Waals surface area contributed by atoms with Crippen molar-refractivity contribution >= 4 is 28.9 Å². The minimum absolute atomic E-state index is 0.0253. The molecule has 6 heteroatoms. The highest BCUT2D eigenvalue weighted by Crippen LogP contribution is 2.33. The third-order valence-corrected chi connectivity index (χ3v) is 4.71. The first kappa shape index (κ1) is 18.8. The van der Waals surface area contributed by atoms with E-state index in [-0.39, 0.29) is 17.9 Å². The first-order valence-corrected chi connectivity index (χ1v) is 9.04. The number of rotatable bonds is 5. The number of carbonyl (C=O) groups is 2. The largest absolute Gasteiger partial charge is 0.494 e. The quantitative estimate of drug-likeness (QED) is 0.849. The molecule has 3 rings (SSSR count). The lowest BCUT2D eigenvalue weighted by Gasteiger charge is -2.27. The molecule has 0 unspecified atom stereocenters. The van der Waals surface area contributed by atoms with Crippen molar-refractivity contribution in [3.63, 3.8) is 0 Å². The van der Waals surface area contributed by atoms with Crippen LogP contribution in [0.4, 0.5) is 17.1 Å². The van der Waals surface area contributed by atoms with Crippen molar-refractivity contribution in [1.82, 2.24) is 0 Å². The van der Waals surface area contributed by atoms with Gasteiger partial charge in [0.05, 0.1) is 12.8 Å². The predicted octanol–water partition coefficient (Wildman–Crippen LogP) is 3.43. The zero-order valence-corrected chi connectivity index (χ0v) is 16.1. The van der Waals surface area contributed by atoms with Crippen LogP contribution in [-0.4, -0.2) is 31.0 Å². The Morgan fingerprint density at radius 3 is 2.67 bits per heavy atom. The van der Waals surface area contributed by atoms with Gasteiger partial charge in [0.2, 0.25) is 11.8 Å². The van der Waals surface area contributed by atoms with E-state index in [1.807, 2.05) is 36.1 Å². The number of hydrogen-bond acceptors (Lipinski definition) is 4. The Hall–Kier alpha value is -3.02. The van der Waals surface area contributed by atoms with E-state index in [4.69, 9.17) is 4.74 Å². The minimum Gasteiger partial charge on any atom is -0.494 e. The molecule has 1 aliphatic rings. The summed E-state index contributed by atoms with van der Waals surface area (Å²) in [5.74, 6) is 0.395. The summed E-state index contributed by atoms with van der Waals surface area (Å²) in [6, 6.07) is 13.1. The molecule has 1 aliphatic heterocycles. The van der Waals surface area contributed by atoms with Gasteiger partial charge in [0.15, 0.2) is 0 Å². The molecule has 2 N–H and O–H groups in total. The molecule has 6 nitrogen and oxygen atoms in total. The molecule has 0 fully saturated rings. The monoisotopic (exact) mass is 367 g/mol. The molecule has 0 aliphatic carbocycles. The van der Waals surface area contributed by atoms with Crippen molar-refractivity contribution < 1.29 is 14.3 Å². The maximum absolute atomic E-state index is 13.1. The average Bonchev–Trinajstić information content (AvgIpc) is 2.97. The Kier molecular flexibility index (Phi) is 5.35. The van der Waals surface area contributed by atoms with Gasteiger partial charge in [-0.1, -0.05) is 18.2 Å². The molecule has 0 saturated carbocycles. The normalized spacial score (nSPS) is 16.4. The lowest BCUT2D eigenvalue weighted by Crippen LogP contribution is -2.44. The summed E-state index contributed by atoms with van der Waals surface area (Å²) in [6.45, 7) is 5.36. The Morgan fingerprint density at radius 1 is 1.22 bits per heavy atom. The fourth-order valence-corrected chi connectivity index (χ4v) is 3.50. The summed E-state index contributed by atoms with van der Waals surface area (Å²) in [5, 5.41) is 5.96. The van der Waals surface area contributed by atoms with Crippen molar-refractivity contribution in [2.75, 3.05) is 22.6 Å². The Bertz CT molecular complexity index is 866. The molecule has 0 saturated heterocycles. The summed E-state index contributed by atoms with van der Waals surface area (Å²) >= 11 is 0. The lowest BCUT2D eigenvalue weighted by molar-refractivity contribution is -0.119. The van der Waals surface area contributed by atoms with Crippen LogP contribution in [0.15, 0.2) is 42.5 Å². The molecule has 0 bridgehead atoms. The van der Waals surface area contributed by atoms with E-state index in [2.05, 4.69) is 23.6 Å². The van der Waals surface area contributed by atoms with Crippen molar-refractivity contribution in [3.05, 3.63) is 48.0 Å². The zero-order valence-electron chi connectivity index (χ0n) is 16.1. The van der Waals surface area contributed by atoms with E-state index in [0.29, 0.717) is 11.4 Å². The van der Waals surface area contributed by atoms with E-state index in [0.717, 1.165) is 17.8 Å². The number of para-hydroxylation sites is 1. The molecular formula is C21H25N3O3. The van der Waals surface area contributed by atoms with Gasteiger partial charge < -0.3 is 20.3 Å². The number of methoxy groups -OCH3 is 1. The van der Waals surface area contributed by atoms with Gasteiger partial charge in [0.25, 0.3) is 0 Å². The molecule has 0 radical (unpaired) electrons. The molecule has 2 aromatic rings. The van der Waals surface area contributed by atoms with Crippen LogP contribution in [0.2, 0.25) is 0 Å². The molecule has 1 heterocycles. The zero-order chi connectivity index (χ0) is 19.6. The Labute approximate surface area is 159 Å². The molecule has 2 amide bonds. The summed E-state index contributed by atoms with van der Waals surface area (Å²) in [6.07, 6.45) is 0.869. The van der Waals surface area contributed by atoms with Crippen LogP contribution < -0.4 is 20.3 Å². The fraction of sp³-hybridized carbons (Fsp3) is 0.333. The number of anilines is 3. The Morgan fingerprint density at radius 2 is 1.96 bits per heavy atom. The first-order chi connectivity index (χ1) is 12.9. The molecule has 0 spiro atoms. The molecule has 2 aromatic carbocycles. The van der Waals surface area contributed by atoms with Crippen LogP contribution in [0.25, 0.3) is 0 Å². The number of hydrogen-bond donors (Lipinski definition) is 2. The van der Waals surface area contributed by atoms with Gasteiger partial charge in [0, 0.05) is 30.4 Å². The van der Waals surface area contributed by atoms with Gasteiger partial charge in [-0.25, -0.2) is 0 Å². The molecule has 0 aromatic heterocycles. The standard InChI is InChI=1S/C21H25N3O3/c1-13-11-16-7-5-6-8-19(16)24(13)21(26)14(2)22-17-9-10-18(23-15(3)25)20(12-17)27-4/h5-10,12-14,22H,11H2,1-4H3,(H,23,25)/t13-,14+/m0/s1. The van der Waals surface area contributed by atoms with E-state index in [1.165, 1.54) is 12.5 Å². The van der Waals surface area contributed by atoms with Gasteiger partial charge in [-0.2, -0.15) is 0 Å². The van der Waals surface area contributed by atoms with E-state index >= 15 is 0 Å². The SMILES string of the molecule is COc1cc(N[C@H](C)C(=O)N2c3ccccc3C[C@@H]2C)ccc1NC(C)=O. The van der Waals surface area contributed by atoms with Crippen molar-refractivity contribution in [1.29, 1.82) is 0 Å². The second kappa shape index (κ2) is 7.70. The maximum Gasteiger partial charge on any atom is 0.249 e. The number of ether oxygens (including phenoxy) is 1. The molecule has 142 valence electrons. The summed E-state index contributed by atoms with van der Waals surface area (Å²) in [7, 11) is 1.54. The maximum atomic E-state index is 13.1. The van der Waals surface area contributed by atoms with Crippen molar-refractivity contribution in [2.45, 2.75) is 39.3 Å². The fourth-order valence-electron chi connectivity index (χ4n) is 3.50. The molecular weight excluding hydrogens is 342 g/mol. The number of nitrogens with one attached hydrogen (secondary N) is 2. The third-order valence-electron chi connectivity index (χ3n) is 4.71. The molecule has 27 heavy (non-hydrogen) atoms. The van der Waals surface area contributed by atoms with Crippen LogP contribution in [0.3, 0.4) is 0 Å². The van der Waals surface area contributed by atoms with Gasteiger partial charge in [-0.3, -0.25) is 9.59 Å². The number of fused-ring (bicyclic) bond motifs is 1. The topological polar surface area (TPSA) is 70.7 Å². The second-order valence-corrected chi connectivity index (χ2v) is 6.85. The van der Waals surface area contributed by atoms with Gasteiger partial charge >= 0.3 is 0 Å². The minimum atomic E-state index is -0.407. The van der Waals surface area contributed by atoms with Gasteiger partial charge in [-0.05, 0) is 44.0 Å². The third kappa shape index (κ3) is 3.89. The Balaban J connectivity index is 1.76. The van der Waals surface area contributed by atoms with Gasteiger partial charge in [-0.15, -0.1) is 0 Å². The van der Waals surface area contributed by atoms with Crippen LogP contribution in [0, 0.1) is 0 Å². The van der Waals surface area contributed by atoms with Crippen LogP contribution in [-0.2, 0) is 16.0 Å². The first-order valence-electron chi connectivity index (χ1n) is 9.04. The molecule has 2 atom stereocenters. The highest BCUT2D eigenvalue weighted by molar-refractivity contribution is 6.01. The number of nitrogens with zero attached hydrogens (tertiary/aromatic N) is 1. The summed E-state index contributed by atoms with van der Waals surface area (Å²) in [5.41, 5.74) is 3.53. The highest BCUT2D eigenvalue weighted by atomic mass is 16.5. The van der Waals surface area contributed by atoms with Crippen LogP contribution in [0.1, 0.15) is 26.3 Å². The van der Waals surface area contributed by atoms with Gasteiger partial charge in [0.1, 0.15) is 11.8 Å². The second-order valence-electron chi connectivity index (χ2n) is 6.85.